The Kier molecular flexibility index (Phi) is 17.1. The summed E-state index contributed by atoms with van der Waals surface area (Å²) in [5.74, 6) is -1.93. The average molecular weight is 914 g/mol. The van der Waals surface area contributed by atoms with Crippen LogP contribution >= 0.6 is 0 Å². The van der Waals surface area contributed by atoms with Gasteiger partial charge in [0.05, 0.1) is 43.0 Å². The molecule has 25 heteroatoms. The Balaban J connectivity index is 0.00000331. The molecular formula is C36H26N7Na3O12S3. The van der Waals surface area contributed by atoms with Gasteiger partial charge in [-0.05, 0) is 114 Å². The van der Waals surface area contributed by atoms with Gasteiger partial charge in [0.25, 0.3) is 0 Å². The van der Waals surface area contributed by atoms with Crippen LogP contribution in [0.15, 0.2) is 126 Å². The fourth-order valence-electron chi connectivity index (χ4n) is 5.64. The number of ketones is 2. The predicted octanol–water partition coefficient (Wildman–Crippen LogP) is -4.31. The number of hydrogen-bond acceptors (Lipinski definition) is 19. The molecule has 61 heavy (non-hydrogen) atoms. The number of aliphatic hydroxyl groups excluding tert-OH is 1. The van der Waals surface area contributed by atoms with Gasteiger partial charge in [-0.15, -0.1) is 5.11 Å². The molecule has 2 aliphatic carbocycles. The summed E-state index contributed by atoms with van der Waals surface area (Å²) in [4.78, 5) is 22.3. The van der Waals surface area contributed by atoms with E-state index in [-0.39, 0.29) is 117 Å². The van der Waals surface area contributed by atoms with Crippen molar-refractivity contribution in [3.8, 4) is 11.1 Å². The molecule has 4 aromatic rings. The first-order valence-electron chi connectivity index (χ1n) is 16.3. The Hall–Kier alpha value is -3.69. The van der Waals surface area contributed by atoms with Gasteiger partial charge < -0.3 is 24.5 Å². The fourth-order valence-corrected chi connectivity index (χ4v) is 7.42. The molecule has 0 spiro atoms. The van der Waals surface area contributed by atoms with Gasteiger partial charge in [-0.3, -0.25) is 20.4 Å². The van der Waals surface area contributed by atoms with E-state index in [1.165, 1.54) is 12.2 Å². The van der Waals surface area contributed by atoms with E-state index in [0.717, 1.165) is 47.0 Å². The standard InChI is InChI=1S/C36H29N7O12S3.3Na/c1-18-13-20(3-10-26(18)39-41-28-12-7-24(44)17-29(28)45)21-4-11-27(19(2)14-21)40-42-34-30(57(50,51)52)15-22-16-31(58(53,54)55)35(36(46)32(22)33(34)37)43-38-23-5-8-25(9-6-23)56(47,48)49;;;/h3-17,38-39,45H,37H2,1-2H3,(H,47,48,49)(H,50,51,52)(H,53,54,55);;;/q;3*+1/p-3/b41-28+,42-40?,43-35+;;;. The number of rotatable bonds is 10. The molecule has 0 atom stereocenters. The third kappa shape index (κ3) is 11.9. The first-order chi connectivity index (χ1) is 27.1. The minimum atomic E-state index is -5.48. The van der Waals surface area contributed by atoms with Crippen LogP contribution in [0.3, 0.4) is 0 Å². The monoisotopic (exact) mass is 913 g/mol. The van der Waals surface area contributed by atoms with Crippen molar-refractivity contribution in [2.24, 2.45) is 20.4 Å². The van der Waals surface area contributed by atoms with Crippen molar-refractivity contribution < 1.29 is 142 Å². The van der Waals surface area contributed by atoms with Gasteiger partial charge in [-0.25, -0.2) is 25.3 Å². The van der Waals surface area contributed by atoms with Gasteiger partial charge in [0, 0.05) is 6.08 Å². The number of nitrogens with zero attached hydrogens (tertiary/aromatic N) is 4. The van der Waals surface area contributed by atoms with Crippen LogP contribution in [-0.2, 0) is 35.1 Å². The van der Waals surface area contributed by atoms with Crippen LogP contribution in [0, 0.1) is 13.8 Å². The number of anilines is 3. The zero-order chi connectivity index (χ0) is 42.3. The second kappa shape index (κ2) is 20.2. The molecule has 0 amide bonds. The molecule has 0 aliphatic heterocycles. The summed E-state index contributed by atoms with van der Waals surface area (Å²) in [7, 11) is -15.7. The van der Waals surface area contributed by atoms with Crippen LogP contribution in [0.1, 0.15) is 27.0 Å². The Labute approximate surface area is 415 Å². The van der Waals surface area contributed by atoms with Gasteiger partial charge in [-0.2, -0.15) is 15.3 Å². The number of nitrogens with one attached hydrogen (secondary N) is 2. The number of aryl methyl sites for hydroxylation is 2. The summed E-state index contributed by atoms with van der Waals surface area (Å²) in [5.41, 5.74) is 11.6. The average Bonchev–Trinajstić information content (AvgIpc) is 3.13. The number of nitrogen functional groups attached to an aromatic ring is 1. The SMILES string of the molecule is Cc1cc(-c2ccc(N/N=C3\C=CC(=O)C=C3O)c(C)c2)ccc1N=Nc1c(S(=O)(=O)[O-])cc2c(c1N)C(=O)/C(=N/Nc1ccc(S(=O)(=O)[O-])cc1)C(S(=O)(=O)[O-])=C2.[Na+].[Na+].[Na+]. The number of hydrazone groups is 2. The number of azo groups is 1. The number of aliphatic hydroxyl groups is 1. The number of hydrogen-bond donors (Lipinski definition) is 4. The largest absolute Gasteiger partial charge is 1.00 e. The van der Waals surface area contributed by atoms with E-state index in [9.17, 15) is 53.6 Å². The van der Waals surface area contributed by atoms with Gasteiger partial charge in [0.15, 0.2) is 5.78 Å². The van der Waals surface area contributed by atoms with Crippen LogP contribution in [-0.4, -0.2) is 67.0 Å². The van der Waals surface area contributed by atoms with Crippen molar-refractivity contribution in [2.45, 2.75) is 23.6 Å². The Morgan fingerprint density at radius 2 is 1.31 bits per heavy atom. The number of nitrogens with two attached hydrogens (primary N) is 1. The first kappa shape index (κ1) is 51.7. The third-order valence-electron chi connectivity index (χ3n) is 8.53. The van der Waals surface area contributed by atoms with E-state index < -0.39 is 79.0 Å². The molecule has 0 saturated carbocycles. The molecule has 298 valence electrons. The molecule has 0 unspecified atom stereocenters. The zero-order valence-corrected chi connectivity index (χ0v) is 41.1. The number of carbonyl (C=O) groups excluding carboxylic acids is 2. The molecule has 0 radical (unpaired) electrons. The van der Waals surface area contributed by atoms with Crippen LogP contribution in [0.5, 0.6) is 0 Å². The molecular weight excluding hydrogens is 888 g/mol. The minimum absolute atomic E-state index is 0. The molecule has 4 aromatic carbocycles. The van der Waals surface area contributed by atoms with E-state index in [1.54, 1.807) is 37.3 Å². The van der Waals surface area contributed by atoms with Crippen molar-refractivity contribution in [1.29, 1.82) is 0 Å². The van der Waals surface area contributed by atoms with Crippen LogP contribution < -0.4 is 105 Å². The number of allylic oxidation sites excluding steroid dienone is 4. The van der Waals surface area contributed by atoms with E-state index in [1.807, 2.05) is 13.0 Å². The predicted molar refractivity (Wildman–Crippen MR) is 208 cm³/mol. The summed E-state index contributed by atoms with van der Waals surface area (Å²) in [6.45, 7) is 3.49. The number of fused-ring (bicyclic) bond motifs is 1. The third-order valence-corrected chi connectivity index (χ3v) is 11.1. The first-order valence-corrected chi connectivity index (χ1v) is 20.5. The van der Waals surface area contributed by atoms with Crippen molar-refractivity contribution in [1.82, 2.24) is 0 Å². The van der Waals surface area contributed by atoms with Crippen LogP contribution in [0.4, 0.5) is 28.4 Å². The van der Waals surface area contributed by atoms with Crippen molar-refractivity contribution >= 4 is 87.9 Å². The summed E-state index contributed by atoms with van der Waals surface area (Å²) >= 11 is 0. The normalized spacial score (nSPS) is 15.3. The summed E-state index contributed by atoms with van der Waals surface area (Å²) in [6, 6.07) is 14.9. The zero-order valence-electron chi connectivity index (χ0n) is 32.7. The van der Waals surface area contributed by atoms with Gasteiger partial charge >= 0.3 is 88.7 Å². The maximum atomic E-state index is 13.7. The van der Waals surface area contributed by atoms with Gasteiger partial charge in [0.2, 0.25) is 5.78 Å². The van der Waals surface area contributed by atoms with E-state index in [0.29, 0.717) is 23.4 Å². The van der Waals surface area contributed by atoms with E-state index in [2.05, 4.69) is 31.3 Å². The molecule has 0 bridgehead atoms. The molecule has 0 heterocycles. The number of benzene rings is 4. The van der Waals surface area contributed by atoms with E-state index in [4.69, 9.17) is 5.73 Å². The molecule has 0 saturated heterocycles. The Morgan fingerprint density at radius 1 is 0.689 bits per heavy atom. The molecule has 0 fully saturated rings. The second-order valence-electron chi connectivity index (χ2n) is 12.5. The van der Waals surface area contributed by atoms with Crippen LogP contribution in [0.2, 0.25) is 0 Å². The van der Waals surface area contributed by atoms with Crippen molar-refractivity contribution in [2.75, 3.05) is 16.6 Å². The van der Waals surface area contributed by atoms with E-state index >= 15 is 0 Å². The minimum Gasteiger partial charge on any atom is -0.744 e. The molecule has 6 rings (SSSR count). The van der Waals surface area contributed by atoms with Crippen molar-refractivity contribution in [3.05, 3.63) is 118 Å². The summed E-state index contributed by atoms with van der Waals surface area (Å²) in [5, 5.41) is 25.8. The Bertz CT molecular complexity index is 3010. The maximum Gasteiger partial charge on any atom is 1.00 e. The second-order valence-corrected chi connectivity index (χ2v) is 16.6. The molecule has 0 aromatic heterocycles. The summed E-state index contributed by atoms with van der Waals surface area (Å²) in [6.07, 6.45) is 4.30. The topological polar surface area (TPSA) is 325 Å². The van der Waals surface area contributed by atoms with Gasteiger partial charge in [0.1, 0.15) is 53.2 Å². The maximum absolute atomic E-state index is 13.7. The molecule has 19 nitrogen and oxygen atoms in total. The number of carbonyl (C=O) groups is 2. The summed E-state index contributed by atoms with van der Waals surface area (Å²) < 4.78 is 108. The Morgan fingerprint density at radius 3 is 1.87 bits per heavy atom. The molecule has 5 N–H and O–H groups in total. The fraction of sp³-hybridized carbons (Fsp3) is 0.0556. The smallest absolute Gasteiger partial charge is 0.744 e. The quantitative estimate of drug-likeness (QED) is 0.0292. The number of Topliss-reactive ketones (excluding diaryl/α,β-unsaturated/α-hetero) is 1. The van der Waals surface area contributed by atoms with Gasteiger partial charge in [-0.1, -0.05) is 12.1 Å². The molecule has 2 aliphatic rings. The van der Waals surface area contributed by atoms with Crippen LogP contribution in [0.25, 0.3) is 17.2 Å². The van der Waals surface area contributed by atoms with Crippen molar-refractivity contribution in [3.63, 3.8) is 0 Å².